The molecule has 0 aliphatic rings. The van der Waals surface area contributed by atoms with Gasteiger partial charge in [-0.1, -0.05) is 28.9 Å². The van der Waals surface area contributed by atoms with E-state index in [1.54, 1.807) is 0 Å². The molecule has 1 aromatic carbocycles. The topological polar surface area (TPSA) is 75.3 Å². The highest BCUT2D eigenvalue weighted by Crippen LogP contribution is 2.38. The molecule has 1 heterocycles. The van der Waals surface area contributed by atoms with Crippen LogP contribution in [0.15, 0.2) is 22.7 Å². The smallest absolute Gasteiger partial charge is 0.263 e. The predicted molar refractivity (Wildman–Crippen MR) is 87.1 cm³/mol. The van der Waals surface area contributed by atoms with Crippen molar-refractivity contribution in [1.82, 2.24) is 5.32 Å². The van der Waals surface area contributed by atoms with Gasteiger partial charge in [-0.2, -0.15) is 0 Å². The number of halogens is 1. The number of nitrogens with two attached hydrogens (primary N) is 1. The molecule has 0 radical (unpaired) electrons. The molecule has 0 saturated carbocycles. The first-order chi connectivity index (χ1) is 9.54. The lowest BCUT2D eigenvalue weighted by molar-refractivity contribution is 0.0950. The molecule has 0 bridgehead atoms. The van der Waals surface area contributed by atoms with Crippen LogP contribution in [-0.2, 0) is 0 Å². The first-order valence-corrected chi connectivity index (χ1v) is 8.01. The summed E-state index contributed by atoms with van der Waals surface area (Å²) in [6, 6.07) is 5.79. The third kappa shape index (κ3) is 3.13. The number of carbonyl (C=O) groups is 1. The molecule has 6 heteroatoms. The van der Waals surface area contributed by atoms with E-state index in [1.807, 2.05) is 25.1 Å². The van der Waals surface area contributed by atoms with E-state index in [2.05, 4.69) is 21.2 Å². The van der Waals surface area contributed by atoms with Crippen molar-refractivity contribution in [2.75, 3.05) is 18.9 Å². The quantitative estimate of drug-likeness (QED) is 0.770. The number of fused-ring (bicyclic) bond motifs is 1. The number of hydrogen-bond donors (Lipinski definition) is 3. The van der Waals surface area contributed by atoms with Gasteiger partial charge < -0.3 is 16.2 Å². The molecule has 0 spiro atoms. The molecule has 4 nitrogen and oxygen atoms in total. The lowest BCUT2D eigenvalue weighted by Crippen LogP contribution is -2.28. The molecule has 2 aromatic rings. The monoisotopic (exact) mass is 356 g/mol. The van der Waals surface area contributed by atoms with Crippen LogP contribution in [-0.4, -0.2) is 24.2 Å². The highest BCUT2D eigenvalue weighted by Gasteiger charge is 2.18. The zero-order valence-corrected chi connectivity index (χ0v) is 13.6. The lowest BCUT2D eigenvalue weighted by Gasteiger charge is -2.10. The molecule has 4 N–H and O–H groups in total. The Morgan fingerprint density at radius 1 is 1.55 bits per heavy atom. The maximum atomic E-state index is 12.2. The van der Waals surface area contributed by atoms with Crippen LogP contribution in [0.3, 0.4) is 0 Å². The van der Waals surface area contributed by atoms with Crippen molar-refractivity contribution in [3.05, 3.63) is 27.5 Å². The van der Waals surface area contributed by atoms with Gasteiger partial charge in [-0.25, -0.2) is 0 Å². The van der Waals surface area contributed by atoms with Gasteiger partial charge in [0.2, 0.25) is 0 Å². The van der Waals surface area contributed by atoms with Crippen LogP contribution >= 0.6 is 27.3 Å². The fourth-order valence-electron chi connectivity index (χ4n) is 1.97. The zero-order valence-electron chi connectivity index (χ0n) is 11.1. The number of aliphatic hydroxyl groups excluding tert-OH is 1. The second-order valence-electron chi connectivity index (χ2n) is 4.79. The van der Waals surface area contributed by atoms with Crippen LogP contribution in [0.5, 0.6) is 0 Å². The molecule has 0 saturated heterocycles. The second-order valence-corrected chi connectivity index (χ2v) is 6.69. The first-order valence-electron chi connectivity index (χ1n) is 6.40. The van der Waals surface area contributed by atoms with E-state index in [1.165, 1.54) is 11.3 Å². The number of rotatable bonds is 5. The fraction of sp³-hybridized carbons (Fsp3) is 0.357. The molecule has 0 aliphatic heterocycles. The van der Waals surface area contributed by atoms with E-state index in [0.717, 1.165) is 14.6 Å². The van der Waals surface area contributed by atoms with E-state index in [9.17, 15) is 4.79 Å². The van der Waals surface area contributed by atoms with Gasteiger partial charge in [-0.3, -0.25) is 4.79 Å². The highest BCUT2D eigenvalue weighted by atomic mass is 79.9. The van der Waals surface area contributed by atoms with Gasteiger partial charge in [0.15, 0.2) is 0 Å². The lowest BCUT2D eigenvalue weighted by atomic mass is 10.1. The second kappa shape index (κ2) is 6.56. The van der Waals surface area contributed by atoms with Crippen molar-refractivity contribution >= 4 is 48.9 Å². The van der Waals surface area contributed by atoms with Crippen molar-refractivity contribution in [2.24, 2.45) is 5.92 Å². The number of benzene rings is 1. The summed E-state index contributed by atoms with van der Waals surface area (Å²) in [5.41, 5.74) is 6.60. The Morgan fingerprint density at radius 3 is 2.95 bits per heavy atom. The molecule has 1 amide bonds. The summed E-state index contributed by atoms with van der Waals surface area (Å²) in [5.74, 6) is 0.0895. The van der Waals surface area contributed by atoms with Gasteiger partial charge in [0.05, 0.1) is 5.69 Å². The van der Waals surface area contributed by atoms with Crippen molar-refractivity contribution in [1.29, 1.82) is 0 Å². The molecular formula is C14H17BrN2O2S. The molecular weight excluding hydrogens is 340 g/mol. The zero-order chi connectivity index (χ0) is 14.7. The van der Waals surface area contributed by atoms with Gasteiger partial charge in [0.25, 0.3) is 5.91 Å². The molecule has 1 atom stereocenters. The Bertz CT molecular complexity index is 627. The summed E-state index contributed by atoms with van der Waals surface area (Å²) in [4.78, 5) is 12.7. The standard InChI is InChI=1S/C14H17BrN2O2S/c1-8(5-6-18)7-17-14(19)13-12(16)11-9(15)3-2-4-10(11)20-13/h2-4,8,18H,5-7,16H2,1H3,(H,17,19). The maximum Gasteiger partial charge on any atom is 0.263 e. The van der Waals surface area contributed by atoms with Gasteiger partial charge in [0, 0.05) is 27.7 Å². The number of hydrogen-bond acceptors (Lipinski definition) is 4. The molecule has 0 aliphatic carbocycles. The van der Waals surface area contributed by atoms with Crippen LogP contribution in [0.2, 0.25) is 0 Å². The van der Waals surface area contributed by atoms with E-state index in [-0.39, 0.29) is 18.4 Å². The summed E-state index contributed by atoms with van der Waals surface area (Å²) >= 11 is 4.85. The van der Waals surface area contributed by atoms with Gasteiger partial charge in [0.1, 0.15) is 4.88 Å². The number of carbonyl (C=O) groups excluding carboxylic acids is 1. The summed E-state index contributed by atoms with van der Waals surface area (Å²) < 4.78 is 1.89. The summed E-state index contributed by atoms with van der Waals surface area (Å²) in [6.45, 7) is 2.66. The van der Waals surface area contributed by atoms with Crippen molar-refractivity contribution < 1.29 is 9.90 Å². The summed E-state index contributed by atoms with van der Waals surface area (Å²) in [6.07, 6.45) is 0.674. The Kier molecular flexibility index (Phi) is 5.01. The third-order valence-electron chi connectivity index (χ3n) is 3.14. The van der Waals surface area contributed by atoms with Crippen LogP contribution in [0.25, 0.3) is 10.1 Å². The minimum absolute atomic E-state index is 0.134. The molecule has 1 aromatic heterocycles. The Morgan fingerprint density at radius 2 is 2.30 bits per heavy atom. The van der Waals surface area contributed by atoms with Gasteiger partial charge in [-0.15, -0.1) is 11.3 Å². The average molecular weight is 357 g/mol. The van der Waals surface area contributed by atoms with E-state index in [0.29, 0.717) is 23.5 Å². The van der Waals surface area contributed by atoms with Crippen LogP contribution in [0.4, 0.5) is 5.69 Å². The van der Waals surface area contributed by atoms with Crippen LogP contribution in [0.1, 0.15) is 23.0 Å². The Hall–Kier alpha value is -1.11. The van der Waals surface area contributed by atoms with Crippen molar-refractivity contribution in [2.45, 2.75) is 13.3 Å². The molecule has 20 heavy (non-hydrogen) atoms. The fourth-order valence-corrected chi connectivity index (χ4v) is 3.74. The predicted octanol–water partition coefficient (Wildman–Crippen LogP) is 2.99. The first kappa shape index (κ1) is 15.3. The van der Waals surface area contributed by atoms with Crippen LogP contribution in [0, 0.1) is 5.92 Å². The van der Waals surface area contributed by atoms with Gasteiger partial charge in [-0.05, 0) is 24.5 Å². The Labute approximate surface area is 130 Å². The van der Waals surface area contributed by atoms with E-state index in [4.69, 9.17) is 10.8 Å². The molecule has 1 unspecified atom stereocenters. The number of thiophene rings is 1. The van der Waals surface area contributed by atoms with E-state index >= 15 is 0 Å². The summed E-state index contributed by atoms with van der Waals surface area (Å²) in [7, 11) is 0. The number of aliphatic hydroxyl groups is 1. The number of nitrogens with one attached hydrogen (secondary N) is 1. The number of amides is 1. The number of anilines is 1. The Balaban J connectivity index is 2.19. The van der Waals surface area contributed by atoms with Gasteiger partial charge >= 0.3 is 0 Å². The maximum absolute atomic E-state index is 12.2. The minimum atomic E-state index is -0.152. The third-order valence-corrected chi connectivity index (χ3v) is 4.97. The SMILES string of the molecule is CC(CCO)CNC(=O)c1sc2cccc(Br)c2c1N. The van der Waals surface area contributed by atoms with Crippen molar-refractivity contribution in [3.8, 4) is 0 Å². The summed E-state index contributed by atoms with van der Waals surface area (Å²) in [5, 5.41) is 12.6. The molecule has 108 valence electrons. The molecule has 2 rings (SSSR count). The minimum Gasteiger partial charge on any atom is -0.397 e. The molecule has 0 fully saturated rings. The normalized spacial score (nSPS) is 12.6. The van der Waals surface area contributed by atoms with Crippen LogP contribution < -0.4 is 11.1 Å². The number of nitrogen functional groups attached to an aromatic ring is 1. The highest BCUT2D eigenvalue weighted by molar-refractivity contribution is 9.10. The average Bonchev–Trinajstić information content (AvgIpc) is 2.75. The largest absolute Gasteiger partial charge is 0.397 e. The van der Waals surface area contributed by atoms with Crippen molar-refractivity contribution in [3.63, 3.8) is 0 Å². The van der Waals surface area contributed by atoms with E-state index < -0.39 is 0 Å².